The minimum atomic E-state index is -1.08. The fourth-order valence-corrected chi connectivity index (χ4v) is 6.16. The van der Waals surface area contributed by atoms with Gasteiger partial charge in [0.2, 0.25) is 23.6 Å². The standard InChI is InChI=1S/C33H43N7O6/c34-33(35)36-18-17-25(30(44)37-23(20-29(42)43)12-11-21-7-3-1-4-8-21)39-31(45)27-16-14-24-13-15-26(32(46)40(24)27)38-28(41)19-22-9-5-2-6-10-22/h1-10,23-27H,11-20H2,(H,37,44)(H,38,41)(H,39,45)(H,42,43)(H4,34,35,36)/t23?,24-,25-,26?,27?/m0/s1. The van der Waals surface area contributed by atoms with Crippen molar-refractivity contribution >= 4 is 35.6 Å². The molecular formula is C33H43N7O6. The lowest BCUT2D eigenvalue weighted by Gasteiger charge is -2.38. The molecule has 2 aromatic rings. The Morgan fingerprint density at radius 2 is 1.54 bits per heavy atom. The Hall–Kier alpha value is -4.94. The SMILES string of the molecule is NC(N)=NCC[C@H](NC(=O)C1CC[C@@H]2CCC(NC(=O)Cc3ccccc3)C(=O)N12)C(=O)NC(CCc1ccccc1)CC(=O)O. The first-order valence-corrected chi connectivity index (χ1v) is 15.7. The molecule has 2 saturated heterocycles. The Kier molecular flexibility index (Phi) is 12.1. The van der Waals surface area contributed by atoms with Crippen LogP contribution in [0.2, 0.25) is 0 Å². The summed E-state index contributed by atoms with van der Waals surface area (Å²) >= 11 is 0. The molecule has 0 aliphatic carbocycles. The number of benzene rings is 2. The largest absolute Gasteiger partial charge is 0.481 e. The lowest BCUT2D eigenvalue weighted by molar-refractivity contribution is -0.146. The van der Waals surface area contributed by atoms with Crippen LogP contribution < -0.4 is 27.4 Å². The summed E-state index contributed by atoms with van der Waals surface area (Å²) in [5.74, 6) is -2.90. The van der Waals surface area contributed by atoms with E-state index in [1.807, 2.05) is 60.7 Å². The van der Waals surface area contributed by atoms with Crippen molar-refractivity contribution in [3.63, 3.8) is 0 Å². The number of carboxylic acid groups (broad SMARTS) is 1. The highest BCUT2D eigenvalue weighted by Gasteiger charge is 2.46. The first-order valence-electron chi connectivity index (χ1n) is 15.7. The molecule has 0 bridgehead atoms. The van der Waals surface area contributed by atoms with Crippen LogP contribution in [0.3, 0.4) is 0 Å². The van der Waals surface area contributed by atoms with Crippen molar-refractivity contribution in [3.8, 4) is 0 Å². The topological polar surface area (TPSA) is 209 Å². The van der Waals surface area contributed by atoms with E-state index in [-0.39, 0.29) is 49.6 Å². The lowest BCUT2D eigenvalue weighted by Crippen LogP contribution is -2.60. The van der Waals surface area contributed by atoms with Crippen molar-refractivity contribution in [2.24, 2.45) is 16.5 Å². The van der Waals surface area contributed by atoms with Gasteiger partial charge in [-0.2, -0.15) is 0 Å². The Morgan fingerprint density at radius 1 is 0.891 bits per heavy atom. The van der Waals surface area contributed by atoms with Gasteiger partial charge in [-0.05, 0) is 56.1 Å². The highest BCUT2D eigenvalue weighted by atomic mass is 16.4. The number of amides is 4. The third-order valence-corrected chi connectivity index (χ3v) is 8.43. The van der Waals surface area contributed by atoms with E-state index >= 15 is 0 Å². The van der Waals surface area contributed by atoms with E-state index in [0.717, 1.165) is 11.1 Å². The lowest BCUT2D eigenvalue weighted by atomic mass is 9.97. The molecule has 2 aliphatic rings. The Balaban J connectivity index is 1.41. The molecule has 13 heteroatoms. The van der Waals surface area contributed by atoms with Gasteiger partial charge in [0.05, 0.1) is 12.8 Å². The maximum Gasteiger partial charge on any atom is 0.305 e. The maximum absolute atomic E-state index is 13.7. The van der Waals surface area contributed by atoms with Crippen LogP contribution in [0.25, 0.3) is 0 Å². The summed E-state index contributed by atoms with van der Waals surface area (Å²) in [5.41, 5.74) is 12.8. The molecular weight excluding hydrogens is 590 g/mol. The third-order valence-electron chi connectivity index (χ3n) is 8.43. The summed E-state index contributed by atoms with van der Waals surface area (Å²) in [5, 5.41) is 17.9. The van der Waals surface area contributed by atoms with E-state index in [1.54, 1.807) is 4.90 Å². The van der Waals surface area contributed by atoms with Crippen molar-refractivity contribution in [2.75, 3.05) is 6.54 Å². The van der Waals surface area contributed by atoms with Crippen LogP contribution in [0.1, 0.15) is 56.1 Å². The smallest absolute Gasteiger partial charge is 0.305 e. The highest BCUT2D eigenvalue weighted by Crippen LogP contribution is 2.33. The molecule has 5 atom stereocenters. The number of hydrogen-bond donors (Lipinski definition) is 6. The molecule has 0 saturated carbocycles. The Labute approximate surface area is 268 Å². The second kappa shape index (κ2) is 16.4. The molecule has 2 fully saturated rings. The van der Waals surface area contributed by atoms with Crippen molar-refractivity contribution in [2.45, 2.75) is 88.0 Å². The number of rotatable bonds is 15. The molecule has 8 N–H and O–H groups in total. The van der Waals surface area contributed by atoms with Gasteiger partial charge in [-0.3, -0.25) is 29.0 Å². The second-order valence-corrected chi connectivity index (χ2v) is 11.8. The monoisotopic (exact) mass is 633 g/mol. The van der Waals surface area contributed by atoms with Crippen molar-refractivity contribution in [3.05, 3.63) is 71.8 Å². The van der Waals surface area contributed by atoms with Gasteiger partial charge in [0.25, 0.3) is 0 Å². The number of aliphatic carboxylic acids is 1. The van der Waals surface area contributed by atoms with Crippen LogP contribution >= 0.6 is 0 Å². The first kappa shape index (κ1) is 33.9. The quantitative estimate of drug-likeness (QED) is 0.121. The summed E-state index contributed by atoms with van der Waals surface area (Å²) in [6.45, 7) is 0.0414. The van der Waals surface area contributed by atoms with Crippen molar-refractivity contribution < 1.29 is 29.1 Å². The maximum atomic E-state index is 13.7. The average Bonchev–Trinajstić information content (AvgIpc) is 3.46. The average molecular weight is 634 g/mol. The van der Waals surface area contributed by atoms with Crippen molar-refractivity contribution in [1.29, 1.82) is 0 Å². The minimum absolute atomic E-state index is 0.0414. The molecule has 0 radical (unpaired) electrons. The zero-order chi connectivity index (χ0) is 33.1. The number of nitrogens with two attached hydrogens (primary N) is 2. The van der Waals surface area contributed by atoms with Crippen LogP contribution in [0.15, 0.2) is 65.7 Å². The van der Waals surface area contributed by atoms with Gasteiger partial charge in [0.1, 0.15) is 18.1 Å². The molecule has 4 rings (SSSR count). The number of nitrogens with zero attached hydrogens (tertiary/aromatic N) is 2. The number of aliphatic imine (C=N–C) groups is 1. The van der Waals surface area contributed by atoms with E-state index in [1.165, 1.54) is 0 Å². The Bertz CT molecular complexity index is 1400. The molecule has 2 heterocycles. The molecule has 3 unspecified atom stereocenters. The van der Waals surface area contributed by atoms with Gasteiger partial charge in [0.15, 0.2) is 5.96 Å². The van der Waals surface area contributed by atoms with Crippen molar-refractivity contribution in [1.82, 2.24) is 20.9 Å². The zero-order valence-electron chi connectivity index (χ0n) is 25.8. The van der Waals surface area contributed by atoms with Gasteiger partial charge in [-0.15, -0.1) is 0 Å². The van der Waals surface area contributed by atoms with E-state index < -0.39 is 42.0 Å². The number of piperidine rings is 1. The summed E-state index contributed by atoms with van der Waals surface area (Å²) < 4.78 is 0. The summed E-state index contributed by atoms with van der Waals surface area (Å²) in [6.07, 6.45) is 2.97. The third kappa shape index (κ3) is 9.78. The minimum Gasteiger partial charge on any atom is -0.481 e. The van der Waals surface area contributed by atoms with Crippen LogP contribution in [0, 0.1) is 0 Å². The van der Waals surface area contributed by atoms with Gasteiger partial charge in [-0.25, -0.2) is 0 Å². The first-order chi connectivity index (χ1) is 22.1. The summed E-state index contributed by atoms with van der Waals surface area (Å²) in [4.78, 5) is 70.5. The number of nitrogens with one attached hydrogen (secondary N) is 3. The highest BCUT2D eigenvalue weighted by molar-refractivity contribution is 5.95. The number of hydrogen-bond acceptors (Lipinski definition) is 6. The normalized spacial score (nSPS) is 20.1. The van der Waals surface area contributed by atoms with Crippen LogP contribution in [-0.2, 0) is 36.8 Å². The number of aryl methyl sites for hydroxylation is 1. The zero-order valence-corrected chi connectivity index (χ0v) is 25.8. The molecule has 46 heavy (non-hydrogen) atoms. The number of carbonyl (C=O) groups is 5. The van der Waals surface area contributed by atoms with Gasteiger partial charge < -0.3 is 37.4 Å². The van der Waals surface area contributed by atoms with Gasteiger partial charge in [0, 0.05) is 18.6 Å². The summed E-state index contributed by atoms with van der Waals surface area (Å²) in [6, 6.07) is 15.3. The number of carbonyl (C=O) groups excluding carboxylic acids is 4. The summed E-state index contributed by atoms with van der Waals surface area (Å²) in [7, 11) is 0. The molecule has 4 amide bonds. The van der Waals surface area contributed by atoms with Crippen LogP contribution in [0.4, 0.5) is 0 Å². The fraction of sp³-hybridized carbons (Fsp3) is 0.455. The van der Waals surface area contributed by atoms with E-state index in [2.05, 4.69) is 20.9 Å². The van der Waals surface area contributed by atoms with E-state index in [0.29, 0.717) is 38.5 Å². The van der Waals surface area contributed by atoms with Gasteiger partial charge in [-0.1, -0.05) is 60.7 Å². The number of fused-ring (bicyclic) bond motifs is 1. The predicted octanol–water partition coefficient (Wildman–Crippen LogP) is 0.608. The molecule has 0 aromatic heterocycles. The molecule has 2 aliphatic heterocycles. The van der Waals surface area contributed by atoms with Crippen LogP contribution in [0.5, 0.6) is 0 Å². The van der Waals surface area contributed by atoms with Crippen LogP contribution in [-0.4, -0.2) is 82.3 Å². The van der Waals surface area contributed by atoms with E-state index in [4.69, 9.17) is 11.5 Å². The second-order valence-electron chi connectivity index (χ2n) is 11.8. The Morgan fingerprint density at radius 3 is 2.20 bits per heavy atom. The molecule has 0 spiro atoms. The molecule has 2 aromatic carbocycles. The van der Waals surface area contributed by atoms with Gasteiger partial charge >= 0.3 is 5.97 Å². The predicted molar refractivity (Wildman–Crippen MR) is 171 cm³/mol. The molecule has 13 nitrogen and oxygen atoms in total. The number of guanidine groups is 1. The molecule has 246 valence electrons. The number of carboxylic acids is 1. The fourth-order valence-electron chi connectivity index (χ4n) is 6.16. The van der Waals surface area contributed by atoms with E-state index in [9.17, 15) is 29.1 Å².